The molecular weight excluding hydrogens is 269 g/mol. The highest BCUT2D eigenvalue weighted by Gasteiger charge is 2.32. The molecule has 0 bridgehead atoms. The molecule has 0 radical (unpaired) electrons. The third-order valence-corrected chi connectivity index (χ3v) is 2.71. The second kappa shape index (κ2) is 5.21. The molecule has 0 saturated carbocycles. The van der Waals surface area contributed by atoms with Crippen molar-refractivity contribution in [3.63, 3.8) is 0 Å². The van der Waals surface area contributed by atoms with Gasteiger partial charge in [0.25, 0.3) is 0 Å². The highest BCUT2D eigenvalue weighted by Crippen LogP contribution is 2.30. The second-order valence-electron chi connectivity index (χ2n) is 3.95. The summed E-state index contributed by atoms with van der Waals surface area (Å²) in [7, 11) is 1.47. The Labute approximate surface area is 113 Å². The summed E-state index contributed by atoms with van der Waals surface area (Å²) >= 11 is 0. The number of benzene rings is 1. The van der Waals surface area contributed by atoms with Crippen LogP contribution >= 0.6 is 0 Å². The molecular formula is C14H9F3N2O. The summed E-state index contributed by atoms with van der Waals surface area (Å²) < 4.78 is 42.3. The van der Waals surface area contributed by atoms with Gasteiger partial charge in [-0.1, -0.05) is 6.07 Å². The van der Waals surface area contributed by atoms with Gasteiger partial charge >= 0.3 is 6.18 Å². The van der Waals surface area contributed by atoms with Crippen molar-refractivity contribution in [1.82, 2.24) is 4.98 Å². The van der Waals surface area contributed by atoms with Gasteiger partial charge in [0.15, 0.2) is 0 Å². The minimum absolute atomic E-state index is 0.311. The van der Waals surface area contributed by atoms with Crippen LogP contribution in [0.15, 0.2) is 36.5 Å². The first kappa shape index (κ1) is 13.9. The molecule has 1 heterocycles. The monoisotopic (exact) mass is 278 g/mol. The van der Waals surface area contributed by atoms with Crippen LogP contribution in [-0.2, 0) is 6.18 Å². The van der Waals surface area contributed by atoms with Gasteiger partial charge in [0.1, 0.15) is 11.4 Å². The van der Waals surface area contributed by atoms with Crippen LogP contribution in [0.3, 0.4) is 0 Å². The molecule has 2 rings (SSSR count). The molecule has 0 spiro atoms. The van der Waals surface area contributed by atoms with Crippen LogP contribution in [0.1, 0.15) is 11.3 Å². The Hall–Kier alpha value is -2.55. The predicted octanol–water partition coefficient (Wildman–Crippen LogP) is 3.65. The number of alkyl halides is 3. The zero-order chi connectivity index (χ0) is 14.8. The summed E-state index contributed by atoms with van der Waals surface area (Å²) in [5.41, 5.74) is 0.297. The molecule has 0 unspecified atom stereocenters. The number of ether oxygens (including phenoxy) is 1. The Bertz CT molecular complexity index is 658. The Morgan fingerprint density at radius 1 is 1.20 bits per heavy atom. The van der Waals surface area contributed by atoms with Gasteiger partial charge in [-0.2, -0.15) is 18.4 Å². The van der Waals surface area contributed by atoms with Crippen molar-refractivity contribution < 1.29 is 17.9 Å². The largest absolute Gasteiger partial charge is 0.497 e. The molecule has 0 fully saturated rings. The minimum Gasteiger partial charge on any atom is -0.497 e. The van der Waals surface area contributed by atoms with E-state index in [4.69, 9.17) is 10.00 Å². The van der Waals surface area contributed by atoms with Crippen molar-refractivity contribution in [2.75, 3.05) is 7.11 Å². The summed E-state index contributed by atoms with van der Waals surface area (Å²) in [4.78, 5) is 3.38. The van der Waals surface area contributed by atoms with Gasteiger partial charge in [-0.3, -0.25) is 4.98 Å². The van der Waals surface area contributed by atoms with E-state index in [1.54, 1.807) is 12.1 Å². The van der Waals surface area contributed by atoms with E-state index in [1.807, 2.05) is 6.07 Å². The molecule has 0 atom stereocenters. The number of hydrogen-bond donors (Lipinski definition) is 0. The average Bonchev–Trinajstić information content (AvgIpc) is 2.45. The van der Waals surface area contributed by atoms with E-state index in [0.717, 1.165) is 12.3 Å². The van der Waals surface area contributed by atoms with Crippen molar-refractivity contribution >= 4 is 0 Å². The van der Waals surface area contributed by atoms with Crippen LogP contribution < -0.4 is 4.74 Å². The number of methoxy groups -OCH3 is 1. The molecule has 1 aromatic carbocycles. The summed E-state index contributed by atoms with van der Waals surface area (Å²) in [6, 6.07) is 8.93. The van der Waals surface area contributed by atoms with E-state index in [9.17, 15) is 13.2 Å². The predicted molar refractivity (Wildman–Crippen MR) is 65.9 cm³/mol. The number of rotatable bonds is 2. The second-order valence-corrected chi connectivity index (χ2v) is 3.95. The van der Waals surface area contributed by atoms with Crippen LogP contribution in [0.4, 0.5) is 13.2 Å². The Morgan fingerprint density at radius 2 is 1.95 bits per heavy atom. The maximum Gasteiger partial charge on any atom is 0.433 e. The first-order valence-electron chi connectivity index (χ1n) is 5.57. The van der Waals surface area contributed by atoms with Gasteiger partial charge in [-0.25, -0.2) is 0 Å². The van der Waals surface area contributed by atoms with E-state index >= 15 is 0 Å². The van der Waals surface area contributed by atoms with Gasteiger partial charge in [-0.15, -0.1) is 0 Å². The first-order chi connectivity index (χ1) is 9.45. The zero-order valence-electron chi connectivity index (χ0n) is 10.4. The van der Waals surface area contributed by atoms with Crippen molar-refractivity contribution in [3.8, 4) is 22.9 Å². The van der Waals surface area contributed by atoms with Crippen molar-refractivity contribution in [3.05, 3.63) is 47.8 Å². The average molecular weight is 278 g/mol. The highest BCUT2D eigenvalue weighted by molar-refractivity contribution is 5.71. The Kier molecular flexibility index (Phi) is 3.61. The maximum atomic E-state index is 12.4. The van der Waals surface area contributed by atoms with E-state index < -0.39 is 11.9 Å². The minimum atomic E-state index is -4.48. The fraction of sp³-hybridized carbons (Fsp3) is 0.143. The number of hydrogen-bond acceptors (Lipinski definition) is 3. The van der Waals surface area contributed by atoms with E-state index in [-0.39, 0.29) is 0 Å². The quantitative estimate of drug-likeness (QED) is 0.842. The van der Waals surface area contributed by atoms with Crippen LogP contribution in [0, 0.1) is 11.3 Å². The first-order valence-corrected chi connectivity index (χ1v) is 5.57. The van der Waals surface area contributed by atoms with Gasteiger partial charge in [0.05, 0.1) is 18.7 Å². The smallest absolute Gasteiger partial charge is 0.433 e. The summed E-state index contributed by atoms with van der Waals surface area (Å²) in [6.45, 7) is 0. The summed E-state index contributed by atoms with van der Waals surface area (Å²) in [6.07, 6.45) is -3.37. The van der Waals surface area contributed by atoms with Crippen molar-refractivity contribution in [2.24, 2.45) is 0 Å². The van der Waals surface area contributed by atoms with Gasteiger partial charge in [-0.05, 0) is 24.3 Å². The lowest BCUT2D eigenvalue weighted by Crippen LogP contribution is -2.07. The molecule has 0 N–H and O–H groups in total. The normalized spacial score (nSPS) is 10.9. The molecule has 0 aliphatic heterocycles. The van der Waals surface area contributed by atoms with Gasteiger partial charge in [0, 0.05) is 17.3 Å². The van der Waals surface area contributed by atoms with Crippen molar-refractivity contribution in [2.45, 2.75) is 6.18 Å². The van der Waals surface area contributed by atoms with Crippen LogP contribution in [0.25, 0.3) is 11.1 Å². The Balaban J connectivity index is 2.45. The number of nitriles is 1. The van der Waals surface area contributed by atoms with E-state index in [2.05, 4.69) is 4.98 Å². The van der Waals surface area contributed by atoms with E-state index in [1.165, 1.54) is 19.2 Å². The number of aromatic nitrogens is 1. The van der Waals surface area contributed by atoms with Crippen molar-refractivity contribution in [1.29, 1.82) is 5.26 Å². The fourth-order valence-electron chi connectivity index (χ4n) is 1.72. The molecule has 3 nitrogen and oxygen atoms in total. The molecule has 2 aromatic rings. The number of halogens is 3. The molecule has 0 aliphatic rings. The molecule has 6 heteroatoms. The van der Waals surface area contributed by atoms with Crippen LogP contribution in [-0.4, -0.2) is 12.1 Å². The zero-order valence-corrected chi connectivity index (χ0v) is 10.4. The molecule has 0 saturated heterocycles. The third kappa shape index (κ3) is 2.72. The molecule has 0 aliphatic carbocycles. The number of pyridine rings is 1. The SMILES string of the molecule is COc1ccc(-c2ccc(C(F)(F)F)nc2)c(C#N)c1. The standard InChI is InChI=1S/C14H9F3N2O/c1-20-11-3-4-12(10(6-11)7-18)9-2-5-13(19-8-9)14(15,16)17/h2-6,8H,1H3. The molecule has 0 amide bonds. The molecule has 20 heavy (non-hydrogen) atoms. The summed E-state index contributed by atoms with van der Waals surface area (Å²) in [5, 5.41) is 9.08. The third-order valence-electron chi connectivity index (χ3n) is 2.71. The lowest BCUT2D eigenvalue weighted by molar-refractivity contribution is -0.141. The number of nitrogens with zero attached hydrogens (tertiary/aromatic N) is 2. The fourth-order valence-corrected chi connectivity index (χ4v) is 1.72. The van der Waals surface area contributed by atoms with Gasteiger partial charge in [0.2, 0.25) is 0 Å². The van der Waals surface area contributed by atoms with Crippen LogP contribution in [0.5, 0.6) is 5.75 Å². The lowest BCUT2D eigenvalue weighted by atomic mass is 10.0. The molecule has 1 aromatic heterocycles. The highest BCUT2D eigenvalue weighted by atomic mass is 19.4. The summed E-state index contributed by atoms with van der Waals surface area (Å²) in [5.74, 6) is 0.505. The van der Waals surface area contributed by atoms with E-state index in [0.29, 0.717) is 22.4 Å². The van der Waals surface area contributed by atoms with Gasteiger partial charge < -0.3 is 4.74 Å². The lowest BCUT2D eigenvalue weighted by Gasteiger charge is -2.08. The molecule has 102 valence electrons. The Morgan fingerprint density at radius 3 is 2.45 bits per heavy atom. The maximum absolute atomic E-state index is 12.4. The van der Waals surface area contributed by atoms with Crippen LogP contribution in [0.2, 0.25) is 0 Å². The topological polar surface area (TPSA) is 45.9 Å².